The highest BCUT2D eigenvalue weighted by molar-refractivity contribution is 7.92. The normalized spacial score (nSPS) is 11.5. The van der Waals surface area contributed by atoms with E-state index in [0.29, 0.717) is 5.82 Å². The number of nitrogens with one attached hydrogen (secondary N) is 2. The van der Waals surface area contributed by atoms with Crippen LogP contribution in [0.2, 0.25) is 5.02 Å². The topological polar surface area (TPSA) is 87.7 Å². The average molecular weight is 291 g/mol. The van der Waals surface area contributed by atoms with Gasteiger partial charge in [-0.2, -0.15) is 4.98 Å². The molecule has 2 aromatic rings. The first-order chi connectivity index (χ1) is 8.38. The fraction of sp³-hybridized carbons (Fsp3) is 0.111. The Labute approximate surface area is 107 Å². The van der Waals surface area contributed by atoms with Crippen LogP contribution in [0, 0.1) is 12.7 Å². The molecule has 0 saturated heterocycles. The van der Waals surface area contributed by atoms with Gasteiger partial charge in [-0.15, -0.1) is 5.10 Å². The third-order valence-electron chi connectivity index (χ3n) is 2.01. The third kappa shape index (κ3) is 2.59. The van der Waals surface area contributed by atoms with Gasteiger partial charge in [0.25, 0.3) is 16.0 Å². The van der Waals surface area contributed by atoms with Gasteiger partial charge in [0.05, 0.1) is 5.02 Å². The molecule has 1 heterocycles. The van der Waals surface area contributed by atoms with Gasteiger partial charge < -0.3 is 0 Å². The summed E-state index contributed by atoms with van der Waals surface area (Å²) in [5.74, 6) is -0.392. The molecule has 0 saturated carbocycles. The number of benzene rings is 1. The van der Waals surface area contributed by atoms with E-state index in [9.17, 15) is 12.8 Å². The number of nitrogens with zero attached hydrogens (tertiary/aromatic N) is 2. The molecule has 1 aromatic heterocycles. The number of rotatable bonds is 3. The molecule has 0 aliphatic heterocycles. The summed E-state index contributed by atoms with van der Waals surface area (Å²) in [6, 6.07) is 3.05. The van der Waals surface area contributed by atoms with Crippen LogP contribution in [0.4, 0.5) is 10.3 Å². The Kier molecular flexibility index (Phi) is 3.22. The molecule has 0 unspecified atom stereocenters. The molecular formula is C9H8ClFN4O2S. The van der Waals surface area contributed by atoms with Crippen molar-refractivity contribution in [3.63, 3.8) is 0 Å². The Morgan fingerprint density at radius 1 is 1.44 bits per heavy atom. The first kappa shape index (κ1) is 12.8. The zero-order chi connectivity index (χ0) is 13.3. The number of anilines is 1. The summed E-state index contributed by atoms with van der Waals surface area (Å²) in [6.07, 6.45) is 0. The standard InChI is InChI=1S/C9H8ClFN4O2S/c1-5-12-9(14-13-5)15-18(16,17)8-4-6(11)2-3-7(8)10/h2-4H,1H3,(H2,12,13,14,15). The van der Waals surface area contributed by atoms with Gasteiger partial charge in [-0.25, -0.2) is 17.5 Å². The number of sulfonamides is 1. The van der Waals surface area contributed by atoms with Gasteiger partial charge >= 0.3 is 0 Å². The fourth-order valence-corrected chi connectivity index (χ4v) is 2.70. The molecule has 96 valence electrons. The van der Waals surface area contributed by atoms with Crippen LogP contribution in [0.1, 0.15) is 5.82 Å². The first-order valence-electron chi connectivity index (χ1n) is 4.75. The van der Waals surface area contributed by atoms with Crippen molar-refractivity contribution < 1.29 is 12.8 Å². The number of hydrogen-bond donors (Lipinski definition) is 2. The maximum Gasteiger partial charge on any atom is 0.265 e. The Balaban J connectivity index is 2.39. The van der Waals surface area contributed by atoms with E-state index >= 15 is 0 Å². The zero-order valence-electron chi connectivity index (χ0n) is 9.11. The summed E-state index contributed by atoms with van der Waals surface area (Å²) in [7, 11) is -4.02. The first-order valence-corrected chi connectivity index (χ1v) is 6.61. The summed E-state index contributed by atoms with van der Waals surface area (Å²) < 4.78 is 39.0. The number of halogens is 2. The summed E-state index contributed by atoms with van der Waals surface area (Å²) in [5.41, 5.74) is 0. The van der Waals surface area contributed by atoms with Gasteiger partial charge in [-0.05, 0) is 25.1 Å². The molecule has 0 aliphatic rings. The van der Waals surface area contributed by atoms with Crippen LogP contribution in [0.15, 0.2) is 23.1 Å². The van der Waals surface area contributed by atoms with Crippen molar-refractivity contribution in [1.82, 2.24) is 15.2 Å². The predicted octanol–water partition coefficient (Wildman–Crippen LogP) is 1.71. The van der Waals surface area contributed by atoms with E-state index in [-0.39, 0.29) is 15.9 Å². The van der Waals surface area contributed by atoms with E-state index in [1.807, 2.05) is 0 Å². The minimum absolute atomic E-state index is 0.0869. The van der Waals surface area contributed by atoms with Gasteiger partial charge in [-0.1, -0.05) is 11.6 Å². The fourth-order valence-electron chi connectivity index (χ4n) is 1.25. The van der Waals surface area contributed by atoms with Crippen LogP contribution in [-0.2, 0) is 10.0 Å². The highest BCUT2D eigenvalue weighted by Gasteiger charge is 2.20. The Hall–Kier alpha value is -1.67. The molecule has 0 amide bonds. The van der Waals surface area contributed by atoms with Gasteiger partial charge in [-0.3, -0.25) is 5.10 Å². The molecule has 0 aliphatic carbocycles. The van der Waals surface area contributed by atoms with Crippen LogP contribution in [0.3, 0.4) is 0 Å². The van der Waals surface area contributed by atoms with Crippen molar-refractivity contribution in [3.8, 4) is 0 Å². The number of H-pyrrole nitrogens is 1. The minimum atomic E-state index is -4.02. The third-order valence-corrected chi connectivity index (χ3v) is 3.82. The summed E-state index contributed by atoms with van der Waals surface area (Å²) in [5, 5.41) is 6.00. The monoisotopic (exact) mass is 290 g/mol. The number of aryl methyl sites for hydroxylation is 1. The molecule has 9 heteroatoms. The lowest BCUT2D eigenvalue weighted by atomic mass is 10.3. The molecule has 0 spiro atoms. The lowest BCUT2D eigenvalue weighted by Gasteiger charge is -2.06. The SMILES string of the molecule is Cc1nc(NS(=O)(=O)c2cc(F)ccc2Cl)n[nH]1. The molecule has 18 heavy (non-hydrogen) atoms. The van der Waals surface area contributed by atoms with Crippen LogP contribution >= 0.6 is 11.6 Å². The van der Waals surface area contributed by atoms with Crippen LogP contribution in [0.25, 0.3) is 0 Å². The van der Waals surface area contributed by atoms with Gasteiger partial charge in [0, 0.05) is 0 Å². The molecule has 0 bridgehead atoms. The van der Waals surface area contributed by atoms with Crippen molar-refractivity contribution in [3.05, 3.63) is 34.9 Å². The molecule has 1 aromatic carbocycles. The van der Waals surface area contributed by atoms with Crippen LogP contribution < -0.4 is 4.72 Å². The Morgan fingerprint density at radius 3 is 2.78 bits per heavy atom. The van der Waals surface area contributed by atoms with Gasteiger partial charge in [0.2, 0.25) is 0 Å². The van der Waals surface area contributed by atoms with Crippen molar-refractivity contribution in [1.29, 1.82) is 0 Å². The largest absolute Gasteiger partial charge is 0.265 e. The summed E-state index contributed by atoms with van der Waals surface area (Å²) >= 11 is 5.72. The molecule has 2 rings (SSSR count). The second kappa shape index (κ2) is 4.54. The Bertz CT molecular complexity index is 686. The maximum absolute atomic E-state index is 13.0. The van der Waals surface area contributed by atoms with E-state index in [1.54, 1.807) is 6.92 Å². The molecule has 0 fully saturated rings. The second-order valence-corrected chi connectivity index (χ2v) is 5.48. The molecule has 6 nitrogen and oxygen atoms in total. The Morgan fingerprint density at radius 2 is 2.17 bits per heavy atom. The number of hydrogen-bond acceptors (Lipinski definition) is 4. The van der Waals surface area contributed by atoms with Crippen molar-refractivity contribution >= 4 is 27.6 Å². The van der Waals surface area contributed by atoms with E-state index in [0.717, 1.165) is 18.2 Å². The second-order valence-electron chi connectivity index (χ2n) is 3.42. The maximum atomic E-state index is 13.0. The molecule has 0 atom stereocenters. The van der Waals surface area contributed by atoms with E-state index in [4.69, 9.17) is 11.6 Å². The van der Waals surface area contributed by atoms with Gasteiger partial charge in [0.15, 0.2) is 0 Å². The molecule has 2 N–H and O–H groups in total. The summed E-state index contributed by atoms with van der Waals surface area (Å²) in [4.78, 5) is 3.41. The number of aromatic amines is 1. The molecular weight excluding hydrogens is 283 g/mol. The van der Waals surface area contributed by atoms with Crippen molar-refractivity contribution in [2.24, 2.45) is 0 Å². The summed E-state index contributed by atoms with van der Waals surface area (Å²) in [6.45, 7) is 1.61. The minimum Gasteiger partial charge on any atom is -0.261 e. The highest BCUT2D eigenvalue weighted by Crippen LogP contribution is 2.23. The van der Waals surface area contributed by atoms with Crippen LogP contribution in [-0.4, -0.2) is 23.6 Å². The number of aromatic nitrogens is 3. The highest BCUT2D eigenvalue weighted by atomic mass is 35.5. The van der Waals surface area contributed by atoms with Crippen LogP contribution in [0.5, 0.6) is 0 Å². The van der Waals surface area contributed by atoms with Crippen molar-refractivity contribution in [2.75, 3.05) is 4.72 Å². The van der Waals surface area contributed by atoms with Gasteiger partial charge in [0.1, 0.15) is 16.5 Å². The van der Waals surface area contributed by atoms with E-state index in [2.05, 4.69) is 19.9 Å². The van der Waals surface area contributed by atoms with E-state index in [1.165, 1.54) is 0 Å². The predicted molar refractivity (Wildman–Crippen MR) is 63.3 cm³/mol. The lowest BCUT2D eigenvalue weighted by Crippen LogP contribution is -2.14. The smallest absolute Gasteiger partial charge is 0.261 e. The average Bonchev–Trinajstić information content (AvgIpc) is 2.66. The molecule has 0 radical (unpaired) electrons. The zero-order valence-corrected chi connectivity index (χ0v) is 10.7. The quantitative estimate of drug-likeness (QED) is 0.901. The lowest BCUT2D eigenvalue weighted by molar-refractivity contribution is 0.595. The van der Waals surface area contributed by atoms with E-state index < -0.39 is 15.8 Å². The van der Waals surface area contributed by atoms with Crippen molar-refractivity contribution in [2.45, 2.75) is 11.8 Å².